The minimum Gasteiger partial charge on any atom is -0.352 e. The number of hydrogen-bond donors (Lipinski definition) is 0. The summed E-state index contributed by atoms with van der Waals surface area (Å²) in [7, 11) is 3.93. The summed E-state index contributed by atoms with van der Waals surface area (Å²) in [5, 5.41) is 1.25. The van der Waals surface area contributed by atoms with Crippen LogP contribution in [0.15, 0.2) is 54.9 Å². The van der Waals surface area contributed by atoms with Crippen LogP contribution in [0, 0.1) is 5.82 Å². The third-order valence-corrected chi connectivity index (χ3v) is 5.80. The van der Waals surface area contributed by atoms with Gasteiger partial charge in [0, 0.05) is 60.3 Å². The molecule has 0 unspecified atom stereocenters. The first-order valence-electron chi connectivity index (χ1n) is 10.5. The van der Waals surface area contributed by atoms with Gasteiger partial charge in [0.25, 0.3) is 0 Å². The summed E-state index contributed by atoms with van der Waals surface area (Å²) in [6.45, 7) is 3.27. The number of likely N-dealkylation sites (N-methyl/N-ethyl adjacent to an activating group) is 1. The van der Waals surface area contributed by atoms with Crippen LogP contribution in [0.25, 0.3) is 22.0 Å². The molecule has 2 aromatic carbocycles. The van der Waals surface area contributed by atoms with Crippen molar-refractivity contribution in [2.75, 3.05) is 51.7 Å². The van der Waals surface area contributed by atoms with Crippen LogP contribution in [-0.4, -0.2) is 72.5 Å². The average Bonchev–Trinajstić information content (AvgIpc) is 2.78. The number of anilines is 1. The fraction of sp³-hybridized carbons (Fsp3) is 0.292. The van der Waals surface area contributed by atoms with Gasteiger partial charge < -0.3 is 14.7 Å². The number of carbonyl (C=O) groups is 1. The molecule has 4 rings (SSSR count). The number of carbonyl (C=O) groups excluding carboxylic acids is 1. The number of rotatable bonds is 5. The zero-order chi connectivity index (χ0) is 22.7. The lowest BCUT2D eigenvalue weighted by Crippen LogP contribution is -2.48. The van der Waals surface area contributed by atoms with E-state index >= 15 is 0 Å². The van der Waals surface area contributed by atoms with Gasteiger partial charge in [-0.05, 0) is 32.3 Å². The van der Waals surface area contributed by atoms with Crippen molar-refractivity contribution in [2.24, 2.45) is 0 Å². The van der Waals surface area contributed by atoms with Gasteiger partial charge in [0.1, 0.15) is 18.0 Å². The van der Waals surface area contributed by atoms with Crippen molar-refractivity contribution in [1.82, 2.24) is 19.8 Å². The Balaban J connectivity index is 1.55. The second-order valence-electron chi connectivity index (χ2n) is 8.00. The van der Waals surface area contributed by atoms with E-state index in [9.17, 15) is 9.18 Å². The highest BCUT2D eigenvalue weighted by Crippen LogP contribution is 2.35. The Morgan fingerprint density at radius 3 is 2.59 bits per heavy atom. The van der Waals surface area contributed by atoms with Gasteiger partial charge in [-0.3, -0.25) is 4.79 Å². The fourth-order valence-corrected chi connectivity index (χ4v) is 4.07. The number of hydrogen-bond acceptors (Lipinski definition) is 5. The first-order valence-corrected chi connectivity index (χ1v) is 10.9. The molecule has 1 aliphatic rings. The number of benzene rings is 2. The predicted octanol–water partition coefficient (Wildman–Crippen LogP) is 3.86. The second-order valence-corrected chi connectivity index (χ2v) is 8.41. The Morgan fingerprint density at radius 2 is 1.88 bits per heavy atom. The summed E-state index contributed by atoms with van der Waals surface area (Å²) in [5.74, 6) is 0.465. The molecular weight excluding hydrogens is 429 g/mol. The Bertz CT molecular complexity index is 1160. The maximum Gasteiger partial charge on any atom is 0.246 e. The molecule has 6 nitrogen and oxygen atoms in total. The van der Waals surface area contributed by atoms with Crippen molar-refractivity contribution in [3.63, 3.8) is 0 Å². The quantitative estimate of drug-likeness (QED) is 0.549. The standard InChI is InChI=1S/C24H25ClFN5O/c1-29(2)9-5-8-23(32)30-10-12-31(13-11-30)24-19-14-20(25)18(15-22(19)27-16-28-24)17-6-3-4-7-21(17)26/h3-8,14-16H,9-13H2,1-2H3/b8-5+. The number of amides is 1. The second kappa shape index (κ2) is 9.63. The highest BCUT2D eigenvalue weighted by Gasteiger charge is 2.23. The van der Waals surface area contributed by atoms with Crippen molar-refractivity contribution < 1.29 is 9.18 Å². The van der Waals surface area contributed by atoms with Crippen LogP contribution in [-0.2, 0) is 4.79 Å². The average molecular weight is 454 g/mol. The number of fused-ring (bicyclic) bond motifs is 1. The first-order chi connectivity index (χ1) is 15.4. The van der Waals surface area contributed by atoms with Gasteiger partial charge in [0.15, 0.2) is 0 Å². The zero-order valence-electron chi connectivity index (χ0n) is 18.1. The zero-order valence-corrected chi connectivity index (χ0v) is 18.9. The highest BCUT2D eigenvalue weighted by molar-refractivity contribution is 6.34. The molecule has 1 fully saturated rings. The third kappa shape index (κ3) is 4.74. The number of aromatic nitrogens is 2. The smallest absolute Gasteiger partial charge is 0.246 e. The predicted molar refractivity (Wildman–Crippen MR) is 126 cm³/mol. The van der Waals surface area contributed by atoms with E-state index in [1.165, 1.54) is 12.4 Å². The summed E-state index contributed by atoms with van der Waals surface area (Å²) in [4.78, 5) is 27.3. The van der Waals surface area contributed by atoms with E-state index in [1.54, 1.807) is 36.4 Å². The largest absolute Gasteiger partial charge is 0.352 e. The lowest BCUT2D eigenvalue weighted by atomic mass is 10.0. The Morgan fingerprint density at radius 1 is 1.12 bits per heavy atom. The van der Waals surface area contributed by atoms with Gasteiger partial charge in [-0.2, -0.15) is 0 Å². The molecule has 1 saturated heterocycles. The van der Waals surface area contributed by atoms with Gasteiger partial charge in [-0.15, -0.1) is 0 Å². The minimum atomic E-state index is -0.330. The van der Waals surface area contributed by atoms with Crippen LogP contribution >= 0.6 is 11.6 Å². The Hall–Kier alpha value is -3.03. The lowest BCUT2D eigenvalue weighted by Gasteiger charge is -2.35. The maximum atomic E-state index is 14.3. The number of piperazine rings is 1. The molecule has 0 aliphatic carbocycles. The van der Waals surface area contributed by atoms with E-state index in [0.29, 0.717) is 47.8 Å². The van der Waals surface area contributed by atoms with Gasteiger partial charge in [-0.25, -0.2) is 14.4 Å². The van der Waals surface area contributed by atoms with Crippen molar-refractivity contribution in [3.8, 4) is 11.1 Å². The summed E-state index contributed by atoms with van der Waals surface area (Å²) in [6.07, 6.45) is 5.03. The summed E-state index contributed by atoms with van der Waals surface area (Å²) in [5.41, 5.74) is 1.73. The SMILES string of the molecule is CN(C)C/C=C/C(=O)N1CCN(c2ncnc3cc(-c4ccccc4F)c(Cl)cc23)CC1. The first kappa shape index (κ1) is 22.2. The lowest BCUT2D eigenvalue weighted by molar-refractivity contribution is -0.126. The molecule has 0 bridgehead atoms. The number of nitrogens with zero attached hydrogens (tertiary/aromatic N) is 5. The van der Waals surface area contributed by atoms with Crippen LogP contribution in [0.5, 0.6) is 0 Å². The topological polar surface area (TPSA) is 52.6 Å². The molecule has 3 aromatic rings. The molecule has 0 saturated carbocycles. The van der Waals surface area contributed by atoms with Crippen molar-refractivity contribution >= 4 is 34.2 Å². The van der Waals surface area contributed by atoms with E-state index in [0.717, 1.165) is 17.7 Å². The van der Waals surface area contributed by atoms with Crippen LogP contribution in [0.4, 0.5) is 10.2 Å². The number of halogens is 2. The Kier molecular flexibility index (Phi) is 6.67. The summed E-state index contributed by atoms with van der Waals surface area (Å²) >= 11 is 6.55. The molecule has 1 aliphatic heterocycles. The molecule has 1 amide bonds. The molecule has 1 aromatic heterocycles. The fourth-order valence-electron chi connectivity index (χ4n) is 3.81. The van der Waals surface area contributed by atoms with E-state index < -0.39 is 0 Å². The van der Waals surface area contributed by atoms with E-state index in [-0.39, 0.29) is 11.7 Å². The normalized spacial score (nSPS) is 14.7. The van der Waals surface area contributed by atoms with E-state index in [4.69, 9.17) is 11.6 Å². The highest BCUT2D eigenvalue weighted by atomic mass is 35.5. The van der Waals surface area contributed by atoms with Crippen molar-refractivity contribution in [3.05, 3.63) is 65.7 Å². The van der Waals surface area contributed by atoms with Gasteiger partial charge in [-0.1, -0.05) is 35.9 Å². The molecule has 0 N–H and O–H groups in total. The molecule has 0 atom stereocenters. The van der Waals surface area contributed by atoms with E-state index in [1.807, 2.05) is 30.0 Å². The van der Waals surface area contributed by atoms with Crippen LogP contribution in [0.2, 0.25) is 5.02 Å². The van der Waals surface area contributed by atoms with Crippen LogP contribution in [0.3, 0.4) is 0 Å². The molecule has 2 heterocycles. The van der Waals surface area contributed by atoms with Crippen LogP contribution < -0.4 is 4.90 Å². The summed E-state index contributed by atoms with van der Waals surface area (Å²) < 4.78 is 14.3. The van der Waals surface area contributed by atoms with Crippen LogP contribution in [0.1, 0.15) is 0 Å². The molecule has 8 heteroatoms. The Labute approximate surface area is 191 Å². The van der Waals surface area contributed by atoms with Gasteiger partial charge >= 0.3 is 0 Å². The molecule has 0 radical (unpaired) electrons. The van der Waals surface area contributed by atoms with Gasteiger partial charge in [0.2, 0.25) is 5.91 Å². The monoisotopic (exact) mass is 453 g/mol. The third-order valence-electron chi connectivity index (χ3n) is 5.49. The van der Waals surface area contributed by atoms with E-state index in [2.05, 4.69) is 14.9 Å². The minimum absolute atomic E-state index is 0.0246. The van der Waals surface area contributed by atoms with Crippen molar-refractivity contribution in [1.29, 1.82) is 0 Å². The molecule has 0 spiro atoms. The maximum absolute atomic E-state index is 14.3. The molecular formula is C24H25ClFN5O. The van der Waals surface area contributed by atoms with Gasteiger partial charge in [0.05, 0.1) is 5.52 Å². The van der Waals surface area contributed by atoms with Crippen molar-refractivity contribution in [2.45, 2.75) is 0 Å². The molecule has 32 heavy (non-hydrogen) atoms. The molecule has 166 valence electrons. The summed E-state index contributed by atoms with van der Waals surface area (Å²) in [6, 6.07) is 10.1.